The number of rotatable bonds is 1. The van der Waals surface area contributed by atoms with Crippen molar-refractivity contribution in [3.8, 4) is 12.3 Å². The third-order valence-electron chi connectivity index (χ3n) is 4.04. The molecule has 1 aromatic carbocycles. The molecule has 1 unspecified atom stereocenters. The summed E-state index contributed by atoms with van der Waals surface area (Å²) in [6.07, 6.45) is -3.45. The molecular formula is C16H9F5N8. The van der Waals surface area contributed by atoms with Gasteiger partial charge in [0.1, 0.15) is 40.9 Å². The van der Waals surface area contributed by atoms with Crippen LogP contribution in [0, 0.1) is 34.4 Å². The highest BCUT2D eigenvalue weighted by Crippen LogP contribution is 2.43. The third kappa shape index (κ3) is 3.29. The van der Waals surface area contributed by atoms with E-state index >= 15 is 0 Å². The number of nitriles is 2. The fraction of sp³-hybridized carbons (Fsp3) is 0.125. The zero-order valence-electron chi connectivity index (χ0n) is 14.1. The number of nitrogens with one attached hydrogen (secondary N) is 2. The summed E-state index contributed by atoms with van der Waals surface area (Å²) in [4.78, 5) is 7.78. The molecule has 148 valence electrons. The number of nitrogen functional groups attached to an aromatic ring is 2. The van der Waals surface area contributed by atoms with Crippen LogP contribution < -0.4 is 22.1 Å². The van der Waals surface area contributed by atoms with Gasteiger partial charge in [-0.3, -0.25) is 5.32 Å². The fourth-order valence-electron chi connectivity index (χ4n) is 2.80. The van der Waals surface area contributed by atoms with Crippen molar-refractivity contribution in [3.05, 3.63) is 46.0 Å². The first kappa shape index (κ1) is 19.6. The average molecular weight is 408 g/mol. The van der Waals surface area contributed by atoms with Crippen LogP contribution in [0.4, 0.5) is 39.3 Å². The molecular weight excluding hydrogens is 399 g/mol. The number of pyridine rings is 1. The zero-order valence-corrected chi connectivity index (χ0v) is 14.1. The van der Waals surface area contributed by atoms with E-state index in [1.165, 1.54) is 6.19 Å². The van der Waals surface area contributed by atoms with E-state index in [4.69, 9.17) is 16.7 Å². The Bertz CT molecular complexity index is 1100. The molecule has 2 heterocycles. The van der Waals surface area contributed by atoms with Gasteiger partial charge in [-0.25, -0.2) is 18.8 Å². The van der Waals surface area contributed by atoms with Crippen LogP contribution in [0.5, 0.6) is 0 Å². The Morgan fingerprint density at radius 2 is 1.72 bits per heavy atom. The number of fused-ring (bicyclic) bond motifs is 1. The summed E-state index contributed by atoms with van der Waals surface area (Å²) >= 11 is 0. The van der Waals surface area contributed by atoms with Gasteiger partial charge in [-0.15, -0.1) is 0 Å². The zero-order chi connectivity index (χ0) is 21.5. The van der Waals surface area contributed by atoms with Crippen molar-refractivity contribution in [1.29, 1.82) is 10.5 Å². The van der Waals surface area contributed by atoms with E-state index in [9.17, 15) is 27.2 Å². The molecule has 0 fully saturated rings. The van der Waals surface area contributed by atoms with E-state index in [0.29, 0.717) is 0 Å². The maximum atomic E-state index is 14.6. The average Bonchev–Trinajstić information content (AvgIpc) is 2.60. The number of benzene rings is 1. The lowest BCUT2D eigenvalue weighted by atomic mass is 9.93. The second-order valence-electron chi connectivity index (χ2n) is 5.75. The molecule has 1 aliphatic rings. The summed E-state index contributed by atoms with van der Waals surface area (Å²) in [7, 11) is 0. The van der Waals surface area contributed by atoms with Gasteiger partial charge in [-0.2, -0.15) is 23.7 Å². The van der Waals surface area contributed by atoms with Crippen molar-refractivity contribution in [2.75, 3.05) is 16.8 Å². The number of aromatic nitrogens is 1. The highest BCUT2D eigenvalue weighted by molar-refractivity contribution is 5.98. The number of anilines is 3. The van der Waals surface area contributed by atoms with Crippen molar-refractivity contribution >= 4 is 23.3 Å². The van der Waals surface area contributed by atoms with Gasteiger partial charge in [0.15, 0.2) is 6.19 Å². The van der Waals surface area contributed by atoms with Crippen LogP contribution in [0.2, 0.25) is 0 Å². The molecule has 6 N–H and O–H groups in total. The summed E-state index contributed by atoms with van der Waals surface area (Å²) < 4.78 is 67.6. The van der Waals surface area contributed by atoms with Crippen LogP contribution in [0.3, 0.4) is 0 Å². The van der Waals surface area contributed by atoms with Crippen molar-refractivity contribution in [3.63, 3.8) is 0 Å². The predicted molar refractivity (Wildman–Crippen MR) is 90.8 cm³/mol. The first-order chi connectivity index (χ1) is 13.6. The van der Waals surface area contributed by atoms with Gasteiger partial charge >= 0.3 is 6.18 Å². The molecule has 8 nitrogen and oxygen atoms in total. The molecule has 0 saturated heterocycles. The van der Waals surface area contributed by atoms with E-state index in [2.05, 4.69) is 20.6 Å². The Morgan fingerprint density at radius 1 is 1.10 bits per heavy atom. The highest BCUT2D eigenvalue weighted by atomic mass is 19.4. The second-order valence-corrected chi connectivity index (χ2v) is 5.75. The number of guanidine groups is 1. The standard InChI is InChI=1S/C16H9F5N8/c17-7-1-5(16(19,20)21)2-8(18)9(7)12-10-11(24)6(3-22)13(25)28-14(10)29-15(27-12)26-4-23/h1-2,12H,(H6,24,25,26,27,28,29). The van der Waals surface area contributed by atoms with Crippen molar-refractivity contribution < 1.29 is 22.0 Å². The summed E-state index contributed by atoms with van der Waals surface area (Å²) in [5.74, 6) is -3.88. The largest absolute Gasteiger partial charge is 0.416 e. The number of aliphatic imine (C=N–C) groups is 1. The van der Waals surface area contributed by atoms with Gasteiger partial charge < -0.3 is 16.8 Å². The summed E-state index contributed by atoms with van der Waals surface area (Å²) in [6.45, 7) is 0. The molecule has 0 radical (unpaired) electrons. The molecule has 0 spiro atoms. The van der Waals surface area contributed by atoms with Crippen molar-refractivity contribution in [2.45, 2.75) is 12.2 Å². The van der Waals surface area contributed by atoms with Gasteiger partial charge in [0.2, 0.25) is 5.96 Å². The highest BCUT2D eigenvalue weighted by Gasteiger charge is 2.37. The lowest BCUT2D eigenvalue weighted by molar-refractivity contribution is -0.138. The normalized spacial score (nSPS) is 15.4. The number of hydrogen-bond donors (Lipinski definition) is 4. The van der Waals surface area contributed by atoms with Crippen molar-refractivity contribution in [1.82, 2.24) is 10.3 Å². The Morgan fingerprint density at radius 3 is 2.24 bits per heavy atom. The van der Waals surface area contributed by atoms with E-state index in [1.807, 2.05) is 0 Å². The monoisotopic (exact) mass is 408 g/mol. The number of alkyl halides is 3. The first-order valence-corrected chi connectivity index (χ1v) is 7.63. The SMILES string of the molecule is N#CNC1=NC(c2c(F)cc(C(F)(F)F)cc2F)c2c(nc(N)c(C#N)c2N)N1. The van der Waals surface area contributed by atoms with Crippen LogP contribution in [-0.2, 0) is 6.18 Å². The summed E-state index contributed by atoms with van der Waals surface area (Å²) in [6, 6.07) is 0.259. The van der Waals surface area contributed by atoms with Crippen LogP contribution in [0.15, 0.2) is 17.1 Å². The second kappa shape index (κ2) is 6.79. The molecule has 0 amide bonds. The molecule has 0 aliphatic carbocycles. The number of nitrogens with two attached hydrogens (primary N) is 2. The Balaban J connectivity index is 2.30. The van der Waals surface area contributed by atoms with E-state index in [0.717, 1.165) is 0 Å². The van der Waals surface area contributed by atoms with E-state index < -0.39 is 35.0 Å². The van der Waals surface area contributed by atoms with Gasteiger partial charge in [-0.1, -0.05) is 0 Å². The lowest BCUT2D eigenvalue weighted by Gasteiger charge is -2.26. The molecule has 0 bridgehead atoms. The van der Waals surface area contributed by atoms with Gasteiger partial charge in [0, 0.05) is 5.56 Å². The number of halogens is 5. The number of hydrogen-bond acceptors (Lipinski definition) is 8. The Kier molecular flexibility index (Phi) is 4.60. The summed E-state index contributed by atoms with van der Waals surface area (Å²) in [5.41, 5.74) is 8.33. The predicted octanol–water partition coefficient (Wildman–Crippen LogP) is 2.36. The summed E-state index contributed by atoms with van der Waals surface area (Å²) in [5, 5.41) is 22.6. The van der Waals surface area contributed by atoms with Crippen LogP contribution in [0.1, 0.15) is 28.3 Å². The minimum absolute atomic E-state index is 0.110. The minimum atomic E-state index is -4.98. The van der Waals surface area contributed by atoms with Gasteiger partial charge in [-0.05, 0) is 12.1 Å². The smallest absolute Gasteiger partial charge is 0.397 e. The van der Waals surface area contributed by atoms with Gasteiger partial charge in [0.05, 0.1) is 16.8 Å². The van der Waals surface area contributed by atoms with Crippen LogP contribution >= 0.6 is 0 Å². The molecule has 3 rings (SSSR count). The van der Waals surface area contributed by atoms with Crippen LogP contribution in [-0.4, -0.2) is 10.9 Å². The molecule has 29 heavy (non-hydrogen) atoms. The maximum absolute atomic E-state index is 14.6. The number of nitrogens with zero attached hydrogens (tertiary/aromatic N) is 4. The first-order valence-electron chi connectivity index (χ1n) is 7.63. The maximum Gasteiger partial charge on any atom is 0.416 e. The molecule has 1 atom stereocenters. The molecule has 13 heteroatoms. The Labute approximate surface area is 159 Å². The Hall–Kier alpha value is -4.13. The van der Waals surface area contributed by atoms with E-state index in [1.54, 1.807) is 6.07 Å². The minimum Gasteiger partial charge on any atom is -0.397 e. The lowest BCUT2D eigenvalue weighted by Crippen LogP contribution is -2.33. The molecule has 1 aromatic heterocycles. The molecule has 0 saturated carbocycles. The fourth-order valence-corrected chi connectivity index (χ4v) is 2.80. The molecule has 1 aliphatic heterocycles. The van der Waals surface area contributed by atoms with Crippen molar-refractivity contribution in [2.24, 2.45) is 4.99 Å². The van der Waals surface area contributed by atoms with E-state index in [-0.39, 0.29) is 46.5 Å². The van der Waals surface area contributed by atoms with Crippen LogP contribution in [0.25, 0.3) is 0 Å². The topological polar surface area (TPSA) is 149 Å². The third-order valence-corrected chi connectivity index (χ3v) is 4.04. The quantitative estimate of drug-likeness (QED) is 0.321. The molecule has 2 aromatic rings. The van der Waals surface area contributed by atoms with Gasteiger partial charge in [0.25, 0.3) is 0 Å².